The van der Waals surface area contributed by atoms with Gasteiger partial charge in [0, 0.05) is 36.9 Å². The van der Waals surface area contributed by atoms with Gasteiger partial charge in [-0.2, -0.15) is 0 Å². The Morgan fingerprint density at radius 2 is 1.88 bits per heavy atom. The third-order valence-corrected chi connectivity index (χ3v) is 6.71. The number of hydrogen-bond acceptors (Lipinski definition) is 5. The highest BCUT2D eigenvalue weighted by Gasteiger charge is 2.31. The minimum Gasteiger partial charge on any atom is -0.467 e. The van der Waals surface area contributed by atoms with E-state index >= 15 is 0 Å². The molecule has 170 valence electrons. The lowest BCUT2D eigenvalue weighted by Gasteiger charge is -2.31. The number of para-hydroxylation sites is 1. The normalized spacial score (nSPS) is 18.3. The van der Waals surface area contributed by atoms with Crippen LogP contribution in [-0.4, -0.2) is 40.8 Å². The van der Waals surface area contributed by atoms with Crippen LogP contribution < -0.4 is 10.2 Å². The smallest absolute Gasteiger partial charge is 0.257 e. The molecule has 7 heteroatoms. The van der Waals surface area contributed by atoms with E-state index in [1.165, 1.54) is 11.3 Å². The van der Waals surface area contributed by atoms with E-state index in [1.807, 2.05) is 23.1 Å². The van der Waals surface area contributed by atoms with Crippen molar-refractivity contribution in [2.24, 2.45) is 5.92 Å². The van der Waals surface area contributed by atoms with Gasteiger partial charge in [0.15, 0.2) is 0 Å². The minimum absolute atomic E-state index is 0.0255. The number of rotatable bonds is 5. The Balaban J connectivity index is 1.21. The van der Waals surface area contributed by atoms with Gasteiger partial charge < -0.3 is 19.5 Å². The summed E-state index contributed by atoms with van der Waals surface area (Å²) >= 11 is 0. The number of furan rings is 1. The molecule has 2 aliphatic rings. The summed E-state index contributed by atoms with van der Waals surface area (Å²) in [5, 5.41) is 2.87. The molecule has 2 aromatic heterocycles. The third-order valence-electron chi connectivity index (χ3n) is 6.71. The lowest BCUT2D eigenvalue weighted by Crippen LogP contribution is -2.41. The molecular formula is C26H28N4O3. The summed E-state index contributed by atoms with van der Waals surface area (Å²) in [4.78, 5) is 34.2. The highest BCUT2D eigenvalue weighted by atomic mass is 16.3. The van der Waals surface area contributed by atoms with Crippen LogP contribution in [-0.2, 0) is 17.8 Å². The number of pyridine rings is 1. The molecule has 1 aromatic carbocycles. The number of carbonyl (C=O) groups excluding carboxylic acids is 2. The first-order valence-corrected chi connectivity index (χ1v) is 11.5. The van der Waals surface area contributed by atoms with Crippen molar-refractivity contribution >= 4 is 23.3 Å². The molecule has 1 fully saturated rings. The quantitative estimate of drug-likeness (QED) is 0.641. The molecule has 0 bridgehead atoms. The Labute approximate surface area is 193 Å². The zero-order valence-corrected chi connectivity index (χ0v) is 18.7. The van der Waals surface area contributed by atoms with Crippen LogP contribution in [0.3, 0.4) is 0 Å². The number of piperidine rings is 1. The fourth-order valence-electron chi connectivity index (χ4n) is 4.86. The van der Waals surface area contributed by atoms with E-state index in [-0.39, 0.29) is 17.7 Å². The number of anilines is 2. The van der Waals surface area contributed by atoms with Crippen molar-refractivity contribution in [1.29, 1.82) is 0 Å². The van der Waals surface area contributed by atoms with Crippen LogP contribution in [0.5, 0.6) is 0 Å². The molecule has 1 saturated heterocycles. The number of carbonyl (C=O) groups is 2. The number of nitrogens with one attached hydrogen (secondary N) is 1. The summed E-state index contributed by atoms with van der Waals surface area (Å²) in [7, 11) is 0. The van der Waals surface area contributed by atoms with Gasteiger partial charge in [-0.05, 0) is 56.0 Å². The molecule has 3 aromatic rings. The van der Waals surface area contributed by atoms with Gasteiger partial charge in [-0.3, -0.25) is 9.59 Å². The van der Waals surface area contributed by atoms with Crippen LogP contribution in [0, 0.1) is 5.92 Å². The van der Waals surface area contributed by atoms with Crippen molar-refractivity contribution in [3.8, 4) is 0 Å². The van der Waals surface area contributed by atoms with E-state index in [4.69, 9.17) is 4.42 Å². The molecule has 0 radical (unpaired) electrons. The fourth-order valence-corrected chi connectivity index (χ4v) is 4.86. The van der Waals surface area contributed by atoms with Gasteiger partial charge in [0.05, 0.1) is 18.4 Å². The average Bonchev–Trinajstić information content (AvgIpc) is 3.44. The summed E-state index contributed by atoms with van der Waals surface area (Å²) < 4.78 is 5.77. The molecule has 33 heavy (non-hydrogen) atoms. The summed E-state index contributed by atoms with van der Waals surface area (Å²) in [6.45, 7) is 3.86. The van der Waals surface area contributed by atoms with Crippen molar-refractivity contribution in [2.45, 2.75) is 38.8 Å². The summed E-state index contributed by atoms with van der Waals surface area (Å²) in [6.07, 6.45) is 5.51. The SMILES string of the molecule is CC1Cc2ccccc2N1Cc1occc1C(=O)N1CCC(C(=O)Nc2ccccn2)CC1. The molecule has 4 heterocycles. The number of fused-ring (bicyclic) bond motifs is 1. The predicted molar refractivity (Wildman–Crippen MR) is 126 cm³/mol. The van der Waals surface area contributed by atoms with Gasteiger partial charge in [0.25, 0.3) is 5.91 Å². The van der Waals surface area contributed by atoms with E-state index < -0.39 is 0 Å². The number of benzene rings is 1. The largest absolute Gasteiger partial charge is 0.467 e. The third kappa shape index (κ3) is 4.35. The van der Waals surface area contributed by atoms with E-state index in [1.54, 1.807) is 24.6 Å². The zero-order chi connectivity index (χ0) is 22.8. The Morgan fingerprint density at radius 1 is 1.09 bits per heavy atom. The first kappa shape index (κ1) is 21.2. The molecule has 1 N–H and O–H groups in total. The van der Waals surface area contributed by atoms with Gasteiger partial charge >= 0.3 is 0 Å². The second-order valence-corrected chi connectivity index (χ2v) is 8.84. The standard InChI is InChI=1S/C26H28N4O3/c1-18-16-20-6-2-3-7-22(20)30(18)17-23-21(11-15-33-23)26(32)29-13-9-19(10-14-29)25(31)28-24-8-4-5-12-27-24/h2-8,11-12,15,18-19H,9-10,13-14,16-17H2,1H3,(H,27,28,31). The molecule has 7 nitrogen and oxygen atoms in total. The van der Waals surface area contributed by atoms with Crippen molar-refractivity contribution in [1.82, 2.24) is 9.88 Å². The predicted octanol–water partition coefficient (Wildman–Crippen LogP) is 4.12. The van der Waals surface area contributed by atoms with Crippen LogP contribution in [0.15, 0.2) is 65.4 Å². The number of aromatic nitrogens is 1. The molecule has 1 atom stereocenters. The van der Waals surface area contributed by atoms with E-state index in [2.05, 4.69) is 40.3 Å². The fraction of sp³-hybridized carbons (Fsp3) is 0.346. The summed E-state index contributed by atoms with van der Waals surface area (Å²) in [5.74, 6) is 1.07. The molecule has 0 aliphatic carbocycles. The van der Waals surface area contributed by atoms with Crippen molar-refractivity contribution in [3.05, 3.63) is 77.9 Å². The molecule has 5 rings (SSSR count). The number of nitrogens with zero attached hydrogens (tertiary/aromatic N) is 3. The molecule has 1 unspecified atom stereocenters. The van der Waals surface area contributed by atoms with Gasteiger partial charge in [0.1, 0.15) is 11.6 Å². The lowest BCUT2D eigenvalue weighted by molar-refractivity contribution is -0.121. The topological polar surface area (TPSA) is 78.7 Å². The van der Waals surface area contributed by atoms with Crippen LogP contribution in [0.4, 0.5) is 11.5 Å². The van der Waals surface area contributed by atoms with Gasteiger partial charge in [-0.25, -0.2) is 4.98 Å². The maximum absolute atomic E-state index is 13.3. The van der Waals surface area contributed by atoms with Crippen LogP contribution in [0.2, 0.25) is 0 Å². The number of amides is 2. The highest BCUT2D eigenvalue weighted by Crippen LogP contribution is 2.34. The molecule has 0 spiro atoms. The Hall–Kier alpha value is -3.61. The van der Waals surface area contributed by atoms with E-state index in [9.17, 15) is 9.59 Å². The monoisotopic (exact) mass is 444 g/mol. The second kappa shape index (κ2) is 9.10. The Kier molecular flexibility index (Phi) is 5.86. The molecule has 2 aliphatic heterocycles. The lowest BCUT2D eigenvalue weighted by atomic mass is 9.95. The van der Waals surface area contributed by atoms with E-state index in [0.717, 1.165) is 6.42 Å². The molecular weight excluding hydrogens is 416 g/mol. The molecule has 0 saturated carbocycles. The summed E-state index contributed by atoms with van der Waals surface area (Å²) in [6, 6.07) is 16.0. The number of hydrogen-bond donors (Lipinski definition) is 1. The van der Waals surface area contributed by atoms with Crippen molar-refractivity contribution in [2.75, 3.05) is 23.3 Å². The van der Waals surface area contributed by atoms with Crippen LogP contribution in [0.25, 0.3) is 0 Å². The van der Waals surface area contributed by atoms with Gasteiger partial charge in [-0.1, -0.05) is 24.3 Å². The zero-order valence-electron chi connectivity index (χ0n) is 18.7. The van der Waals surface area contributed by atoms with Gasteiger partial charge in [0.2, 0.25) is 5.91 Å². The second-order valence-electron chi connectivity index (χ2n) is 8.84. The Morgan fingerprint density at radius 3 is 2.67 bits per heavy atom. The average molecular weight is 445 g/mol. The Bertz CT molecular complexity index is 1140. The van der Waals surface area contributed by atoms with Crippen molar-refractivity contribution in [3.63, 3.8) is 0 Å². The van der Waals surface area contributed by atoms with Crippen molar-refractivity contribution < 1.29 is 14.0 Å². The number of likely N-dealkylation sites (tertiary alicyclic amines) is 1. The first-order chi connectivity index (χ1) is 16.1. The van der Waals surface area contributed by atoms with Crippen LogP contribution >= 0.6 is 0 Å². The minimum atomic E-state index is -0.123. The van der Waals surface area contributed by atoms with Gasteiger partial charge in [-0.15, -0.1) is 0 Å². The maximum Gasteiger partial charge on any atom is 0.257 e. The van der Waals surface area contributed by atoms with E-state index in [0.29, 0.717) is 55.7 Å². The maximum atomic E-state index is 13.3. The first-order valence-electron chi connectivity index (χ1n) is 11.5. The highest BCUT2D eigenvalue weighted by molar-refractivity contribution is 5.96. The molecule has 2 amide bonds. The van der Waals surface area contributed by atoms with Crippen LogP contribution in [0.1, 0.15) is 41.4 Å². The summed E-state index contributed by atoms with van der Waals surface area (Å²) in [5.41, 5.74) is 3.15.